The maximum absolute atomic E-state index is 5.85. The van der Waals surface area contributed by atoms with Gasteiger partial charge < -0.3 is 15.2 Å². The smallest absolute Gasteiger partial charge is 0.227 e. The molecule has 20 heavy (non-hydrogen) atoms. The van der Waals surface area contributed by atoms with Crippen LogP contribution in [0.5, 0.6) is 5.88 Å². The first-order chi connectivity index (χ1) is 9.76. The molecule has 108 valence electrons. The predicted octanol–water partition coefficient (Wildman–Crippen LogP) is 2.78. The van der Waals surface area contributed by atoms with Crippen molar-refractivity contribution < 1.29 is 9.47 Å². The third-order valence-electron chi connectivity index (χ3n) is 3.45. The standard InChI is InChI=1S/C14H19N3O2S/c1-2-10-7-11-12(16-14(15)17-13(11)20-10)19-8-9-5-3-4-6-18-9/h7,9H,2-6,8H2,1H3,(H2,15,16,17). The summed E-state index contributed by atoms with van der Waals surface area (Å²) in [5, 5.41) is 0.955. The molecular weight excluding hydrogens is 274 g/mol. The van der Waals surface area contributed by atoms with Crippen LogP contribution >= 0.6 is 11.3 Å². The molecule has 2 N–H and O–H groups in total. The van der Waals surface area contributed by atoms with Crippen LogP contribution in [0.15, 0.2) is 6.07 Å². The van der Waals surface area contributed by atoms with Gasteiger partial charge in [-0.1, -0.05) is 6.92 Å². The number of hydrogen-bond donors (Lipinski definition) is 1. The third kappa shape index (κ3) is 2.86. The molecule has 1 aliphatic heterocycles. The number of fused-ring (bicyclic) bond motifs is 1. The van der Waals surface area contributed by atoms with E-state index < -0.39 is 0 Å². The van der Waals surface area contributed by atoms with Crippen LogP contribution in [0, 0.1) is 0 Å². The summed E-state index contributed by atoms with van der Waals surface area (Å²) in [6, 6.07) is 2.09. The van der Waals surface area contributed by atoms with Crippen LogP contribution in [-0.4, -0.2) is 29.3 Å². The number of nitrogens with zero attached hydrogens (tertiary/aromatic N) is 2. The molecule has 2 aromatic rings. The molecule has 3 rings (SSSR count). The highest BCUT2D eigenvalue weighted by atomic mass is 32.1. The van der Waals surface area contributed by atoms with Gasteiger partial charge in [-0.25, -0.2) is 4.98 Å². The van der Waals surface area contributed by atoms with Gasteiger partial charge in [0.1, 0.15) is 11.4 Å². The number of nitrogen functional groups attached to an aromatic ring is 1. The van der Waals surface area contributed by atoms with Crippen LogP contribution in [0.25, 0.3) is 10.2 Å². The van der Waals surface area contributed by atoms with E-state index in [9.17, 15) is 0 Å². The Balaban J connectivity index is 1.80. The summed E-state index contributed by atoms with van der Waals surface area (Å²) < 4.78 is 11.5. The van der Waals surface area contributed by atoms with Gasteiger partial charge in [-0.2, -0.15) is 4.98 Å². The van der Waals surface area contributed by atoms with Crippen molar-refractivity contribution in [3.05, 3.63) is 10.9 Å². The Hall–Kier alpha value is -1.40. The van der Waals surface area contributed by atoms with Gasteiger partial charge >= 0.3 is 0 Å². The lowest BCUT2D eigenvalue weighted by atomic mass is 10.1. The van der Waals surface area contributed by atoms with Crippen LogP contribution < -0.4 is 10.5 Å². The Morgan fingerprint density at radius 2 is 2.35 bits per heavy atom. The molecule has 0 aromatic carbocycles. The highest BCUT2D eigenvalue weighted by molar-refractivity contribution is 7.18. The second kappa shape index (κ2) is 5.93. The molecule has 1 saturated heterocycles. The van der Waals surface area contributed by atoms with Crippen LogP contribution in [0.4, 0.5) is 5.95 Å². The van der Waals surface area contributed by atoms with Crippen LogP contribution in [-0.2, 0) is 11.2 Å². The number of ether oxygens (including phenoxy) is 2. The Bertz CT molecular complexity index is 593. The summed E-state index contributed by atoms with van der Waals surface area (Å²) in [6.07, 6.45) is 4.54. The molecule has 5 nitrogen and oxygen atoms in total. The number of anilines is 1. The number of nitrogens with two attached hydrogens (primary N) is 1. The van der Waals surface area contributed by atoms with Crippen molar-refractivity contribution in [1.29, 1.82) is 0 Å². The molecule has 0 amide bonds. The number of thiophene rings is 1. The largest absolute Gasteiger partial charge is 0.474 e. The van der Waals surface area contributed by atoms with E-state index in [2.05, 4.69) is 23.0 Å². The maximum atomic E-state index is 5.85. The minimum Gasteiger partial charge on any atom is -0.474 e. The predicted molar refractivity (Wildman–Crippen MR) is 80.3 cm³/mol. The van der Waals surface area contributed by atoms with E-state index in [4.69, 9.17) is 15.2 Å². The monoisotopic (exact) mass is 293 g/mol. The van der Waals surface area contributed by atoms with Gasteiger partial charge in [-0.15, -0.1) is 11.3 Å². The molecule has 0 bridgehead atoms. The lowest BCUT2D eigenvalue weighted by Gasteiger charge is -2.22. The Morgan fingerprint density at radius 1 is 1.45 bits per heavy atom. The van der Waals surface area contributed by atoms with Crippen molar-refractivity contribution >= 4 is 27.5 Å². The van der Waals surface area contributed by atoms with Gasteiger partial charge in [0, 0.05) is 11.5 Å². The number of aryl methyl sites for hydroxylation is 1. The van der Waals surface area contributed by atoms with Gasteiger partial charge in [0.2, 0.25) is 11.8 Å². The zero-order valence-corrected chi connectivity index (χ0v) is 12.4. The number of rotatable bonds is 4. The minimum atomic E-state index is 0.166. The van der Waals surface area contributed by atoms with Crippen molar-refractivity contribution in [3.63, 3.8) is 0 Å². The molecule has 0 saturated carbocycles. The highest BCUT2D eigenvalue weighted by Gasteiger charge is 2.17. The normalized spacial score (nSPS) is 19.4. The van der Waals surface area contributed by atoms with E-state index in [1.165, 1.54) is 11.3 Å². The van der Waals surface area contributed by atoms with Crippen molar-refractivity contribution in [1.82, 2.24) is 9.97 Å². The summed E-state index contributed by atoms with van der Waals surface area (Å²) in [5.74, 6) is 0.846. The van der Waals surface area contributed by atoms with Crippen LogP contribution in [0.3, 0.4) is 0 Å². The first-order valence-electron chi connectivity index (χ1n) is 7.06. The minimum absolute atomic E-state index is 0.166. The zero-order valence-electron chi connectivity index (χ0n) is 11.6. The summed E-state index contributed by atoms with van der Waals surface area (Å²) in [6.45, 7) is 3.48. The quantitative estimate of drug-likeness (QED) is 0.938. The molecule has 0 radical (unpaired) electrons. The number of aromatic nitrogens is 2. The molecule has 1 fully saturated rings. The van der Waals surface area contributed by atoms with Gasteiger partial charge in [0.05, 0.1) is 11.5 Å². The fourth-order valence-corrected chi connectivity index (χ4v) is 3.32. The first kappa shape index (κ1) is 13.6. The van der Waals surface area contributed by atoms with Crippen LogP contribution in [0.2, 0.25) is 0 Å². The molecule has 1 aliphatic rings. The SMILES string of the molecule is CCc1cc2c(OCC3CCCCO3)nc(N)nc2s1. The fraction of sp³-hybridized carbons (Fsp3) is 0.571. The summed E-state index contributed by atoms with van der Waals surface area (Å²) in [4.78, 5) is 10.7. The average Bonchev–Trinajstić information content (AvgIpc) is 2.88. The van der Waals surface area contributed by atoms with Crippen molar-refractivity contribution in [3.8, 4) is 5.88 Å². The summed E-state index contributed by atoms with van der Waals surface area (Å²) in [5.41, 5.74) is 5.76. The van der Waals surface area contributed by atoms with Crippen molar-refractivity contribution in [2.45, 2.75) is 38.7 Å². The van der Waals surface area contributed by atoms with Crippen LogP contribution in [0.1, 0.15) is 31.1 Å². The van der Waals surface area contributed by atoms with Gasteiger partial charge in [-0.3, -0.25) is 0 Å². The Kier molecular flexibility index (Phi) is 4.03. The van der Waals surface area contributed by atoms with E-state index in [0.29, 0.717) is 12.5 Å². The van der Waals surface area contributed by atoms with Crippen molar-refractivity contribution in [2.24, 2.45) is 0 Å². The van der Waals surface area contributed by atoms with E-state index in [0.717, 1.165) is 36.1 Å². The van der Waals surface area contributed by atoms with Gasteiger partial charge in [0.25, 0.3) is 0 Å². The summed E-state index contributed by atoms with van der Waals surface area (Å²) in [7, 11) is 0. The molecular formula is C14H19N3O2S. The Labute approximate surface area is 122 Å². The molecule has 1 atom stereocenters. The fourth-order valence-electron chi connectivity index (χ4n) is 2.36. The van der Waals surface area contributed by atoms with Crippen molar-refractivity contribution in [2.75, 3.05) is 18.9 Å². The maximum Gasteiger partial charge on any atom is 0.227 e. The van der Waals surface area contributed by atoms with E-state index >= 15 is 0 Å². The van der Waals surface area contributed by atoms with E-state index in [1.807, 2.05) is 0 Å². The van der Waals surface area contributed by atoms with E-state index in [1.54, 1.807) is 11.3 Å². The van der Waals surface area contributed by atoms with Gasteiger partial charge in [-0.05, 0) is 31.7 Å². The zero-order chi connectivity index (χ0) is 13.9. The topological polar surface area (TPSA) is 70.3 Å². The molecule has 0 spiro atoms. The lowest BCUT2D eigenvalue weighted by Crippen LogP contribution is -2.26. The second-order valence-corrected chi connectivity index (χ2v) is 6.09. The second-order valence-electron chi connectivity index (χ2n) is 4.97. The third-order valence-corrected chi connectivity index (χ3v) is 4.63. The molecule has 6 heteroatoms. The highest BCUT2D eigenvalue weighted by Crippen LogP contribution is 2.31. The number of hydrogen-bond acceptors (Lipinski definition) is 6. The van der Waals surface area contributed by atoms with E-state index in [-0.39, 0.29) is 12.1 Å². The molecule has 1 unspecified atom stereocenters. The van der Waals surface area contributed by atoms with Gasteiger partial charge in [0.15, 0.2) is 0 Å². The molecule has 0 aliphatic carbocycles. The summed E-state index contributed by atoms with van der Waals surface area (Å²) >= 11 is 1.64. The first-order valence-corrected chi connectivity index (χ1v) is 7.88. The average molecular weight is 293 g/mol. The molecule has 2 aromatic heterocycles. The Morgan fingerprint density at radius 3 is 3.10 bits per heavy atom. The lowest BCUT2D eigenvalue weighted by molar-refractivity contribution is -0.0116. The molecule has 3 heterocycles.